The van der Waals surface area contributed by atoms with Gasteiger partial charge in [-0.2, -0.15) is 0 Å². The zero-order valence-corrected chi connectivity index (χ0v) is 16.1. The van der Waals surface area contributed by atoms with Gasteiger partial charge in [0.2, 0.25) is 5.91 Å². The van der Waals surface area contributed by atoms with Gasteiger partial charge in [-0.05, 0) is 29.8 Å². The second-order valence-electron chi connectivity index (χ2n) is 6.91. The van der Waals surface area contributed by atoms with Gasteiger partial charge in [-0.1, -0.05) is 18.2 Å². The molecule has 0 saturated heterocycles. The van der Waals surface area contributed by atoms with E-state index in [1.54, 1.807) is 42.5 Å². The predicted molar refractivity (Wildman–Crippen MR) is 104 cm³/mol. The lowest BCUT2D eigenvalue weighted by Gasteiger charge is -2.25. The van der Waals surface area contributed by atoms with Crippen molar-refractivity contribution < 1.29 is 33.4 Å². The van der Waals surface area contributed by atoms with Crippen LogP contribution in [0.1, 0.15) is 32.7 Å². The predicted octanol–water partition coefficient (Wildman–Crippen LogP) is 1.80. The molecular formula is C22H19NO7. The third-order valence-corrected chi connectivity index (χ3v) is 4.86. The van der Waals surface area contributed by atoms with E-state index < -0.39 is 36.7 Å². The molecule has 154 valence electrons. The smallest absolute Gasteiger partial charge is 0.326 e. The van der Waals surface area contributed by atoms with Gasteiger partial charge in [0, 0.05) is 17.5 Å². The van der Waals surface area contributed by atoms with Gasteiger partial charge in [0.15, 0.2) is 23.9 Å². The van der Waals surface area contributed by atoms with Gasteiger partial charge >= 0.3 is 5.97 Å². The molecule has 2 heterocycles. The number of Topliss-reactive ketones (excluding diaryl/α,β-unsaturated/α-hetero) is 1. The molecule has 2 aliphatic heterocycles. The van der Waals surface area contributed by atoms with Crippen molar-refractivity contribution in [1.82, 2.24) is 4.90 Å². The minimum Gasteiger partial charge on any atom is -0.490 e. The molecule has 0 radical (unpaired) electrons. The highest BCUT2D eigenvalue weighted by Crippen LogP contribution is 2.30. The molecule has 0 unspecified atom stereocenters. The lowest BCUT2D eigenvalue weighted by Crippen LogP contribution is -2.45. The number of imide groups is 1. The summed E-state index contributed by atoms with van der Waals surface area (Å²) in [7, 11) is 0. The van der Waals surface area contributed by atoms with Crippen LogP contribution in [0.2, 0.25) is 0 Å². The topological polar surface area (TPSA) is 99.2 Å². The molecule has 0 spiro atoms. The van der Waals surface area contributed by atoms with Crippen molar-refractivity contribution in [1.29, 1.82) is 0 Å². The highest BCUT2D eigenvalue weighted by Gasteiger charge is 2.32. The fraction of sp³-hybridized carbons (Fsp3) is 0.273. The Bertz CT molecular complexity index is 1030. The Morgan fingerprint density at radius 3 is 2.60 bits per heavy atom. The molecule has 0 fully saturated rings. The minimum atomic E-state index is -0.834. The first-order valence-electron chi connectivity index (χ1n) is 9.54. The first kappa shape index (κ1) is 19.6. The van der Waals surface area contributed by atoms with Gasteiger partial charge in [-0.15, -0.1) is 0 Å². The number of carbonyl (C=O) groups is 4. The number of rotatable bonds is 5. The largest absolute Gasteiger partial charge is 0.490 e. The molecule has 0 N–H and O–H groups in total. The van der Waals surface area contributed by atoms with Crippen molar-refractivity contribution in [3.05, 3.63) is 59.2 Å². The molecule has 0 saturated carbocycles. The fourth-order valence-corrected chi connectivity index (χ4v) is 3.30. The molecular weight excluding hydrogens is 390 g/mol. The summed E-state index contributed by atoms with van der Waals surface area (Å²) in [5.41, 5.74) is 1.32. The molecule has 30 heavy (non-hydrogen) atoms. The number of ketones is 1. The quantitative estimate of drug-likeness (QED) is 0.422. The standard InChI is InChI=1S/C22H19NO7/c24-17(15-6-7-18-19(10-15)29-9-3-8-28-18)13-30-21(26)12-23-20(25)11-14-4-1-2-5-16(14)22(23)27/h1-2,4-7,10H,3,8-9,11-13H2. The molecule has 8 heteroatoms. The van der Waals surface area contributed by atoms with Crippen molar-refractivity contribution in [2.24, 2.45) is 0 Å². The van der Waals surface area contributed by atoms with Crippen LogP contribution in [0, 0.1) is 0 Å². The van der Waals surface area contributed by atoms with Gasteiger partial charge in [0.05, 0.1) is 19.6 Å². The van der Waals surface area contributed by atoms with Gasteiger partial charge in [0.1, 0.15) is 6.54 Å². The molecule has 2 aromatic rings. The van der Waals surface area contributed by atoms with E-state index in [0.717, 1.165) is 11.3 Å². The molecule has 0 bridgehead atoms. The summed E-state index contributed by atoms with van der Waals surface area (Å²) in [5.74, 6) is -1.27. The Morgan fingerprint density at radius 1 is 1.00 bits per heavy atom. The number of hydrogen-bond acceptors (Lipinski definition) is 7. The van der Waals surface area contributed by atoms with Gasteiger partial charge in [-0.3, -0.25) is 24.1 Å². The third-order valence-electron chi connectivity index (χ3n) is 4.86. The summed E-state index contributed by atoms with van der Waals surface area (Å²) in [6, 6.07) is 11.5. The maximum Gasteiger partial charge on any atom is 0.326 e. The molecule has 4 rings (SSSR count). The maximum atomic E-state index is 12.5. The van der Waals surface area contributed by atoms with Crippen LogP contribution in [0.3, 0.4) is 0 Å². The van der Waals surface area contributed by atoms with Crippen LogP contribution < -0.4 is 9.47 Å². The normalized spacial score (nSPS) is 15.3. The van der Waals surface area contributed by atoms with Crippen LogP contribution >= 0.6 is 0 Å². The second kappa shape index (κ2) is 8.36. The van der Waals surface area contributed by atoms with Gasteiger partial charge < -0.3 is 14.2 Å². The van der Waals surface area contributed by atoms with Crippen molar-refractivity contribution in [3.63, 3.8) is 0 Å². The van der Waals surface area contributed by atoms with E-state index >= 15 is 0 Å². The number of fused-ring (bicyclic) bond motifs is 2. The van der Waals surface area contributed by atoms with Crippen molar-refractivity contribution in [2.75, 3.05) is 26.4 Å². The van der Waals surface area contributed by atoms with Crippen LogP contribution in [-0.4, -0.2) is 54.8 Å². The molecule has 2 aliphatic rings. The Kier molecular flexibility index (Phi) is 5.47. The summed E-state index contributed by atoms with van der Waals surface area (Å²) in [4.78, 5) is 50.1. The third kappa shape index (κ3) is 4.03. The summed E-state index contributed by atoms with van der Waals surface area (Å²) < 4.78 is 16.1. The molecule has 2 aromatic carbocycles. The Hall–Kier alpha value is -3.68. The second-order valence-corrected chi connectivity index (χ2v) is 6.91. The maximum absolute atomic E-state index is 12.5. The number of benzene rings is 2. The number of ether oxygens (including phenoxy) is 3. The molecule has 0 atom stereocenters. The zero-order chi connectivity index (χ0) is 21.1. The van der Waals surface area contributed by atoms with Crippen molar-refractivity contribution in [3.8, 4) is 11.5 Å². The number of hydrogen-bond donors (Lipinski definition) is 0. The summed E-state index contributed by atoms with van der Waals surface area (Å²) >= 11 is 0. The average molecular weight is 409 g/mol. The molecule has 2 amide bonds. The van der Waals surface area contributed by atoms with Crippen LogP contribution in [-0.2, 0) is 20.7 Å². The monoisotopic (exact) mass is 409 g/mol. The van der Waals surface area contributed by atoms with E-state index in [9.17, 15) is 19.2 Å². The lowest BCUT2D eigenvalue weighted by molar-refractivity contribution is -0.146. The van der Waals surface area contributed by atoms with Gasteiger partial charge in [-0.25, -0.2) is 0 Å². The lowest BCUT2D eigenvalue weighted by atomic mass is 9.98. The number of carbonyl (C=O) groups excluding carboxylic acids is 4. The van der Waals surface area contributed by atoms with Crippen LogP contribution in [0.15, 0.2) is 42.5 Å². The summed E-state index contributed by atoms with van der Waals surface area (Å²) in [6.07, 6.45) is 0.777. The van der Waals surface area contributed by atoms with Crippen molar-refractivity contribution in [2.45, 2.75) is 12.8 Å². The van der Waals surface area contributed by atoms with E-state index in [1.165, 1.54) is 0 Å². The Balaban J connectivity index is 1.36. The Labute approximate surface area is 172 Å². The first-order chi connectivity index (χ1) is 14.5. The van der Waals surface area contributed by atoms with Crippen molar-refractivity contribution >= 4 is 23.6 Å². The fourth-order valence-electron chi connectivity index (χ4n) is 3.30. The molecule has 0 aromatic heterocycles. The van der Waals surface area contributed by atoms with E-state index in [0.29, 0.717) is 41.4 Å². The van der Waals surface area contributed by atoms with Crippen LogP contribution in [0.5, 0.6) is 11.5 Å². The van der Waals surface area contributed by atoms with Crippen LogP contribution in [0.25, 0.3) is 0 Å². The van der Waals surface area contributed by atoms with Crippen LogP contribution in [0.4, 0.5) is 0 Å². The first-order valence-corrected chi connectivity index (χ1v) is 9.54. The molecule has 8 nitrogen and oxygen atoms in total. The minimum absolute atomic E-state index is 0.0331. The SMILES string of the molecule is O=C(CN1C(=O)Cc2ccccc2C1=O)OCC(=O)c1ccc2c(c1)OCCCO2. The zero-order valence-electron chi connectivity index (χ0n) is 16.1. The van der Waals surface area contributed by atoms with E-state index in [4.69, 9.17) is 14.2 Å². The highest BCUT2D eigenvalue weighted by molar-refractivity contribution is 6.11. The number of amides is 2. The van der Waals surface area contributed by atoms with E-state index in [1.807, 2.05) is 0 Å². The van der Waals surface area contributed by atoms with E-state index in [-0.39, 0.29) is 6.42 Å². The molecule has 0 aliphatic carbocycles. The highest BCUT2D eigenvalue weighted by atomic mass is 16.5. The van der Waals surface area contributed by atoms with E-state index in [2.05, 4.69) is 0 Å². The summed E-state index contributed by atoms with van der Waals surface area (Å²) in [6.45, 7) is -0.0251. The average Bonchev–Trinajstić information content (AvgIpc) is 3.00. The number of esters is 1. The van der Waals surface area contributed by atoms with Gasteiger partial charge in [0.25, 0.3) is 5.91 Å². The summed E-state index contributed by atoms with van der Waals surface area (Å²) in [5, 5.41) is 0. The number of nitrogens with zero attached hydrogens (tertiary/aromatic N) is 1. The Morgan fingerprint density at radius 2 is 1.77 bits per heavy atom.